The molecule has 4 aromatic rings. The van der Waals surface area contributed by atoms with Gasteiger partial charge in [0.1, 0.15) is 0 Å². The fourth-order valence-electron chi connectivity index (χ4n) is 3.31. The van der Waals surface area contributed by atoms with Crippen molar-refractivity contribution in [3.8, 4) is 23.0 Å². The van der Waals surface area contributed by atoms with Gasteiger partial charge >= 0.3 is 0 Å². The summed E-state index contributed by atoms with van der Waals surface area (Å²) in [4.78, 5) is 23.4. The van der Waals surface area contributed by atoms with Gasteiger partial charge in [0.25, 0.3) is 0 Å². The Morgan fingerprint density at radius 3 is 1.96 bits per heavy atom. The summed E-state index contributed by atoms with van der Waals surface area (Å²) in [6.07, 6.45) is 0.219. The van der Waals surface area contributed by atoms with Crippen LogP contribution in [-0.2, 0) is 4.79 Å². The number of ketones is 1. The summed E-state index contributed by atoms with van der Waals surface area (Å²) in [6, 6.07) is 11.7. The van der Waals surface area contributed by atoms with Crippen molar-refractivity contribution >= 4 is 44.4 Å². The molecule has 0 unspecified atom stereocenters. The number of aldehydes is 1. The normalized spacial score (nSPS) is 11.2. The molecule has 6 heteroatoms. The van der Waals surface area contributed by atoms with E-state index in [4.69, 9.17) is 0 Å². The smallest absolute Gasteiger partial charge is 0.226 e. The third-order valence-electron chi connectivity index (χ3n) is 4.54. The lowest BCUT2D eigenvalue weighted by molar-refractivity contribution is -0.104. The predicted molar refractivity (Wildman–Crippen MR) is 96.0 cm³/mol. The second kappa shape index (κ2) is 5.35. The third-order valence-corrected chi connectivity index (χ3v) is 4.54. The number of carbonyl (C=O) groups excluding carboxylic acids is 2. The lowest BCUT2D eigenvalue weighted by atomic mass is 9.92. The summed E-state index contributed by atoms with van der Waals surface area (Å²) in [7, 11) is 0. The number of Topliss-reactive ketones (excluding diaryl/α,β-unsaturated/α-hetero) is 1. The lowest BCUT2D eigenvalue weighted by Gasteiger charge is -2.13. The highest BCUT2D eigenvalue weighted by Gasteiger charge is 2.21. The van der Waals surface area contributed by atoms with Gasteiger partial charge in [0, 0.05) is 16.3 Å². The van der Waals surface area contributed by atoms with Gasteiger partial charge < -0.3 is 20.4 Å². The fraction of sp³-hybridized carbons (Fsp3) is 0. The maximum atomic E-state index is 12.3. The van der Waals surface area contributed by atoms with Gasteiger partial charge in [-0.25, -0.2) is 0 Å². The van der Waals surface area contributed by atoms with Gasteiger partial charge in [-0.05, 0) is 39.7 Å². The van der Waals surface area contributed by atoms with Gasteiger partial charge in [0.2, 0.25) is 17.3 Å². The fourth-order valence-corrected chi connectivity index (χ4v) is 3.31. The topological polar surface area (TPSA) is 115 Å². The summed E-state index contributed by atoms with van der Waals surface area (Å²) in [5, 5.41) is 42.1. The van der Waals surface area contributed by atoms with Crippen LogP contribution in [0.15, 0.2) is 42.5 Å². The number of phenols is 4. The Morgan fingerprint density at radius 2 is 1.31 bits per heavy atom. The summed E-state index contributed by atoms with van der Waals surface area (Å²) >= 11 is 0. The van der Waals surface area contributed by atoms with Gasteiger partial charge in [-0.1, -0.05) is 24.3 Å². The molecule has 0 fully saturated rings. The number of aromatic hydroxyl groups is 4. The zero-order valence-electron chi connectivity index (χ0n) is 13.2. The van der Waals surface area contributed by atoms with E-state index >= 15 is 0 Å². The number of fused-ring (bicyclic) bond motifs is 3. The Kier molecular flexibility index (Phi) is 3.23. The van der Waals surface area contributed by atoms with Crippen LogP contribution < -0.4 is 0 Å². The molecule has 4 aromatic carbocycles. The van der Waals surface area contributed by atoms with Crippen LogP contribution in [0.2, 0.25) is 0 Å². The van der Waals surface area contributed by atoms with E-state index in [2.05, 4.69) is 0 Å². The number of hydrogen-bond donors (Lipinski definition) is 4. The lowest BCUT2D eigenvalue weighted by Crippen LogP contribution is -2.02. The molecule has 0 radical (unpaired) electrons. The second-order valence-electron chi connectivity index (χ2n) is 5.97. The van der Waals surface area contributed by atoms with Gasteiger partial charge in [-0.2, -0.15) is 0 Å². The van der Waals surface area contributed by atoms with E-state index < -0.39 is 28.8 Å². The van der Waals surface area contributed by atoms with Crippen molar-refractivity contribution in [3.63, 3.8) is 0 Å². The molecule has 0 saturated heterocycles. The third kappa shape index (κ3) is 1.99. The molecule has 26 heavy (non-hydrogen) atoms. The molecule has 0 spiro atoms. The maximum absolute atomic E-state index is 12.3. The van der Waals surface area contributed by atoms with Crippen molar-refractivity contribution in [2.75, 3.05) is 0 Å². The molecular weight excluding hydrogens is 336 g/mol. The van der Waals surface area contributed by atoms with Gasteiger partial charge in [0.05, 0.1) is 0 Å². The number of benzene rings is 4. The molecule has 0 aromatic heterocycles. The number of hydrogen-bond acceptors (Lipinski definition) is 6. The molecular formula is C20H12O6. The molecule has 6 nitrogen and oxygen atoms in total. The molecule has 0 aliphatic carbocycles. The van der Waals surface area contributed by atoms with E-state index in [1.165, 1.54) is 12.1 Å². The first-order chi connectivity index (χ1) is 12.4. The van der Waals surface area contributed by atoms with Crippen molar-refractivity contribution in [1.29, 1.82) is 0 Å². The molecule has 0 aliphatic rings. The largest absolute Gasteiger partial charge is 0.504 e. The predicted octanol–water partition coefficient (Wildman–Crippen LogP) is 3.35. The van der Waals surface area contributed by atoms with E-state index in [1.54, 1.807) is 30.3 Å². The Balaban J connectivity index is 2.29. The van der Waals surface area contributed by atoms with Crippen molar-refractivity contribution in [1.82, 2.24) is 0 Å². The molecule has 0 atom stereocenters. The number of rotatable bonds is 2. The minimum atomic E-state index is -0.863. The number of phenolic OH excluding ortho intramolecular Hbond substituents is 4. The van der Waals surface area contributed by atoms with Crippen LogP contribution in [0.3, 0.4) is 0 Å². The van der Waals surface area contributed by atoms with E-state index in [-0.39, 0.29) is 22.6 Å². The van der Waals surface area contributed by atoms with Gasteiger partial charge in [0.15, 0.2) is 17.8 Å². The summed E-state index contributed by atoms with van der Waals surface area (Å²) < 4.78 is 0. The first-order valence-corrected chi connectivity index (χ1v) is 7.68. The van der Waals surface area contributed by atoms with E-state index in [9.17, 15) is 30.0 Å². The highest BCUT2D eigenvalue weighted by Crippen LogP contribution is 2.49. The van der Waals surface area contributed by atoms with Gasteiger partial charge in [-0.15, -0.1) is 0 Å². The monoisotopic (exact) mass is 348 g/mol. The van der Waals surface area contributed by atoms with Crippen molar-refractivity contribution in [2.45, 2.75) is 0 Å². The van der Waals surface area contributed by atoms with Gasteiger partial charge in [-0.3, -0.25) is 9.59 Å². The van der Waals surface area contributed by atoms with E-state index in [1.807, 2.05) is 0 Å². The first kappa shape index (κ1) is 15.7. The Bertz CT molecular complexity index is 1260. The second-order valence-corrected chi connectivity index (χ2v) is 5.97. The van der Waals surface area contributed by atoms with Crippen LogP contribution >= 0.6 is 0 Å². The minimum Gasteiger partial charge on any atom is -0.504 e. The highest BCUT2D eigenvalue weighted by atomic mass is 16.3. The minimum absolute atomic E-state index is 0.0422. The summed E-state index contributed by atoms with van der Waals surface area (Å²) in [5.74, 6) is -3.64. The van der Waals surface area contributed by atoms with Crippen LogP contribution in [-0.4, -0.2) is 32.5 Å². The average molecular weight is 348 g/mol. The Labute approximate surface area is 146 Å². The summed E-state index contributed by atoms with van der Waals surface area (Å²) in [5.41, 5.74) is 0.168. The molecule has 0 saturated carbocycles. The van der Waals surface area contributed by atoms with Crippen LogP contribution in [0, 0.1) is 0 Å². The molecule has 128 valence electrons. The molecule has 4 N–H and O–H groups in total. The highest BCUT2D eigenvalue weighted by molar-refractivity contribution is 6.40. The first-order valence-electron chi connectivity index (χ1n) is 7.68. The van der Waals surface area contributed by atoms with Crippen LogP contribution in [0.1, 0.15) is 10.4 Å². The van der Waals surface area contributed by atoms with E-state index in [0.29, 0.717) is 16.2 Å². The molecule has 0 heterocycles. The van der Waals surface area contributed by atoms with Crippen molar-refractivity contribution in [3.05, 3.63) is 48.0 Å². The quantitative estimate of drug-likeness (QED) is 0.110. The van der Waals surface area contributed by atoms with E-state index in [0.717, 1.165) is 5.39 Å². The van der Waals surface area contributed by atoms with Crippen LogP contribution in [0.25, 0.3) is 32.3 Å². The molecule has 0 aliphatic heterocycles. The molecule has 0 bridgehead atoms. The SMILES string of the molecule is O=CC(=O)c1c2ccccc2cc2cc3c(O)c(O)c(O)c(O)c3cc12. The van der Waals surface area contributed by atoms with Crippen molar-refractivity contribution < 1.29 is 30.0 Å². The standard InChI is InChI=1S/C20H12O6/c21-8-15(22)16-11-4-2-1-3-9(11)5-10-6-13-14(7-12(10)16)18(24)20(26)19(25)17(13)23/h1-8,23-26H. The molecule has 4 rings (SSSR count). The van der Waals surface area contributed by atoms with Crippen LogP contribution in [0.5, 0.6) is 23.0 Å². The number of carbonyl (C=O) groups is 2. The van der Waals surface area contributed by atoms with Crippen molar-refractivity contribution in [2.24, 2.45) is 0 Å². The zero-order chi connectivity index (χ0) is 18.6. The van der Waals surface area contributed by atoms with Crippen LogP contribution in [0.4, 0.5) is 0 Å². The zero-order valence-corrected chi connectivity index (χ0v) is 13.2. The Hall–Kier alpha value is -3.80. The maximum Gasteiger partial charge on any atom is 0.226 e. The Morgan fingerprint density at radius 1 is 0.692 bits per heavy atom. The molecule has 0 amide bonds. The summed E-state index contributed by atoms with van der Waals surface area (Å²) in [6.45, 7) is 0. The average Bonchev–Trinajstić information content (AvgIpc) is 2.67.